The summed E-state index contributed by atoms with van der Waals surface area (Å²) in [5.41, 5.74) is 1.79. The van der Waals surface area contributed by atoms with E-state index in [-0.39, 0.29) is 5.75 Å². The summed E-state index contributed by atoms with van der Waals surface area (Å²) in [6.07, 6.45) is 3.80. The van der Waals surface area contributed by atoms with Gasteiger partial charge < -0.3 is 9.84 Å². The van der Waals surface area contributed by atoms with E-state index in [0.29, 0.717) is 4.47 Å². The topological polar surface area (TPSA) is 29.5 Å². The first-order chi connectivity index (χ1) is 8.70. The van der Waals surface area contributed by atoms with E-state index in [0.717, 1.165) is 16.9 Å². The summed E-state index contributed by atoms with van der Waals surface area (Å²) >= 11 is 3.29. The minimum absolute atomic E-state index is 0.247. The zero-order valence-electron chi connectivity index (χ0n) is 9.93. The SMILES string of the molecule is COc1cccc(C=Cc2cccc(Br)c2O)c1. The summed E-state index contributed by atoms with van der Waals surface area (Å²) in [7, 11) is 1.64. The maximum Gasteiger partial charge on any atom is 0.136 e. The van der Waals surface area contributed by atoms with Crippen molar-refractivity contribution in [3.63, 3.8) is 0 Å². The molecule has 0 aliphatic rings. The molecule has 18 heavy (non-hydrogen) atoms. The fraction of sp³-hybridized carbons (Fsp3) is 0.0667. The summed E-state index contributed by atoms with van der Waals surface area (Å²) in [5, 5.41) is 9.85. The van der Waals surface area contributed by atoms with Gasteiger partial charge in [-0.25, -0.2) is 0 Å². The minimum atomic E-state index is 0.247. The number of methoxy groups -OCH3 is 1. The number of halogens is 1. The molecule has 0 saturated carbocycles. The molecule has 1 N–H and O–H groups in total. The van der Waals surface area contributed by atoms with Gasteiger partial charge in [0.05, 0.1) is 11.6 Å². The van der Waals surface area contributed by atoms with Crippen LogP contribution in [0.4, 0.5) is 0 Å². The molecule has 2 rings (SSSR count). The third kappa shape index (κ3) is 2.93. The summed E-state index contributed by atoms with van der Waals surface area (Å²) in [5.74, 6) is 1.06. The lowest BCUT2D eigenvalue weighted by Gasteiger charge is -2.02. The van der Waals surface area contributed by atoms with Gasteiger partial charge in [0.2, 0.25) is 0 Å². The van der Waals surface area contributed by atoms with Crippen molar-refractivity contribution in [1.29, 1.82) is 0 Å². The smallest absolute Gasteiger partial charge is 0.136 e. The number of aromatic hydroxyl groups is 1. The molecule has 0 heterocycles. The van der Waals surface area contributed by atoms with Crippen LogP contribution in [-0.4, -0.2) is 12.2 Å². The van der Waals surface area contributed by atoms with Crippen LogP contribution in [0.1, 0.15) is 11.1 Å². The molecule has 0 aromatic heterocycles. The van der Waals surface area contributed by atoms with Crippen LogP contribution in [0.5, 0.6) is 11.5 Å². The number of benzene rings is 2. The van der Waals surface area contributed by atoms with Crippen LogP contribution in [0.15, 0.2) is 46.9 Å². The number of rotatable bonds is 3. The van der Waals surface area contributed by atoms with Gasteiger partial charge in [-0.15, -0.1) is 0 Å². The Morgan fingerprint density at radius 2 is 1.89 bits per heavy atom. The van der Waals surface area contributed by atoms with Gasteiger partial charge in [-0.3, -0.25) is 0 Å². The predicted octanol–water partition coefficient (Wildman–Crippen LogP) is 4.33. The molecule has 0 atom stereocenters. The maximum atomic E-state index is 9.85. The average molecular weight is 305 g/mol. The molecule has 0 aliphatic heterocycles. The number of para-hydroxylation sites is 1. The van der Waals surface area contributed by atoms with Crippen molar-refractivity contribution in [2.24, 2.45) is 0 Å². The van der Waals surface area contributed by atoms with Crippen LogP contribution in [0, 0.1) is 0 Å². The number of hydrogen-bond donors (Lipinski definition) is 1. The molecule has 0 saturated heterocycles. The van der Waals surface area contributed by atoms with E-state index in [1.807, 2.05) is 48.6 Å². The summed E-state index contributed by atoms with van der Waals surface area (Å²) < 4.78 is 5.85. The van der Waals surface area contributed by atoms with Gasteiger partial charge in [-0.2, -0.15) is 0 Å². The number of phenolic OH excluding ortho intramolecular Hbond substituents is 1. The Morgan fingerprint density at radius 3 is 2.67 bits per heavy atom. The minimum Gasteiger partial charge on any atom is -0.506 e. The molecule has 0 spiro atoms. The Bertz CT molecular complexity index is 576. The van der Waals surface area contributed by atoms with Gasteiger partial charge in [0.15, 0.2) is 0 Å². The van der Waals surface area contributed by atoms with Crippen LogP contribution >= 0.6 is 15.9 Å². The Kier molecular flexibility index (Phi) is 4.05. The van der Waals surface area contributed by atoms with Crippen molar-refractivity contribution in [2.75, 3.05) is 7.11 Å². The van der Waals surface area contributed by atoms with Gasteiger partial charge in [0, 0.05) is 5.56 Å². The fourth-order valence-electron chi connectivity index (χ4n) is 1.60. The quantitative estimate of drug-likeness (QED) is 0.855. The molecule has 0 fully saturated rings. The molecular formula is C15H13BrO2. The first-order valence-electron chi connectivity index (χ1n) is 5.50. The van der Waals surface area contributed by atoms with Crippen molar-refractivity contribution in [1.82, 2.24) is 0 Å². The molecule has 0 radical (unpaired) electrons. The van der Waals surface area contributed by atoms with Gasteiger partial charge in [0.1, 0.15) is 11.5 Å². The Morgan fingerprint density at radius 1 is 1.11 bits per heavy atom. The van der Waals surface area contributed by atoms with Gasteiger partial charge in [0.25, 0.3) is 0 Å². The first-order valence-corrected chi connectivity index (χ1v) is 6.29. The highest BCUT2D eigenvalue weighted by Gasteiger charge is 2.01. The lowest BCUT2D eigenvalue weighted by molar-refractivity contribution is 0.414. The highest BCUT2D eigenvalue weighted by Crippen LogP contribution is 2.28. The zero-order valence-corrected chi connectivity index (χ0v) is 11.5. The van der Waals surface area contributed by atoms with Crippen molar-refractivity contribution >= 4 is 28.1 Å². The van der Waals surface area contributed by atoms with Gasteiger partial charge in [-0.1, -0.05) is 36.4 Å². The molecule has 0 amide bonds. The number of phenols is 1. The Hall–Kier alpha value is -1.74. The zero-order chi connectivity index (χ0) is 13.0. The largest absolute Gasteiger partial charge is 0.506 e. The van der Waals surface area contributed by atoms with Crippen molar-refractivity contribution in [3.8, 4) is 11.5 Å². The number of hydrogen-bond acceptors (Lipinski definition) is 2. The van der Waals surface area contributed by atoms with E-state index in [1.165, 1.54) is 0 Å². The third-order valence-electron chi connectivity index (χ3n) is 2.57. The standard InChI is InChI=1S/C15H13BrO2/c1-18-13-6-2-4-11(10-13)8-9-12-5-3-7-14(16)15(12)17/h2-10,17H,1H3. The monoisotopic (exact) mass is 304 g/mol. The fourth-order valence-corrected chi connectivity index (χ4v) is 1.98. The van der Waals surface area contributed by atoms with Gasteiger partial charge >= 0.3 is 0 Å². The van der Waals surface area contributed by atoms with E-state index < -0.39 is 0 Å². The second-order valence-electron chi connectivity index (χ2n) is 3.79. The maximum absolute atomic E-state index is 9.85. The molecule has 92 valence electrons. The van der Waals surface area contributed by atoms with E-state index >= 15 is 0 Å². The summed E-state index contributed by atoms with van der Waals surface area (Å²) in [4.78, 5) is 0. The second-order valence-corrected chi connectivity index (χ2v) is 4.64. The van der Waals surface area contributed by atoms with E-state index in [2.05, 4.69) is 15.9 Å². The van der Waals surface area contributed by atoms with Gasteiger partial charge in [-0.05, 0) is 39.7 Å². The first kappa shape index (κ1) is 12.7. The van der Waals surface area contributed by atoms with Crippen molar-refractivity contribution in [2.45, 2.75) is 0 Å². The van der Waals surface area contributed by atoms with Crippen LogP contribution in [-0.2, 0) is 0 Å². The molecular weight excluding hydrogens is 292 g/mol. The predicted molar refractivity (Wildman–Crippen MR) is 77.7 cm³/mol. The summed E-state index contributed by atoms with van der Waals surface area (Å²) in [6.45, 7) is 0. The third-order valence-corrected chi connectivity index (χ3v) is 3.21. The molecule has 2 aromatic carbocycles. The molecule has 0 unspecified atom stereocenters. The number of ether oxygens (including phenoxy) is 1. The van der Waals surface area contributed by atoms with E-state index in [9.17, 15) is 5.11 Å². The van der Waals surface area contributed by atoms with E-state index in [1.54, 1.807) is 13.2 Å². The molecule has 0 bridgehead atoms. The van der Waals surface area contributed by atoms with Crippen molar-refractivity contribution in [3.05, 3.63) is 58.1 Å². The normalized spacial score (nSPS) is 10.8. The van der Waals surface area contributed by atoms with Crippen LogP contribution < -0.4 is 4.74 Å². The molecule has 0 aliphatic carbocycles. The van der Waals surface area contributed by atoms with Crippen LogP contribution in [0.2, 0.25) is 0 Å². The molecule has 2 nitrogen and oxygen atoms in total. The highest BCUT2D eigenvalue weighted by atomic mass is 79.9. The lowest BCUT2D eigenvalue weighted by Crippen LogP contribution is -1.82. The highest BCUT2D eigenvalue weighted by molar-refractivity contribution is 9.10. The Labute approximate surface area is 115 Å². The van der Waals surface area contributed by atoms with Crippen LogP contribution in [0.25, 0.3) is 12.2 Å². The van der Waals surface area contributed by atoms with E-state index in [4.69, 9.17) is 4.74 Å². The molecule has 3 heteroatoms. The summed E-state index contributed by atoms with van der Waals surface area (Å²) in [6, 6.07) is 13.3. The van der Waals surface area contributed by atoms with Crippen LogP contribution in [0.3, 0.4) is 0 Å². The lowest BCUT2D eigenvalue weighted by atomic mass is 10.1. The van der Waals surface area contributed by atoms with Crippen molar-refractivity contribution < 1.29 is 9.84 Å². The molecule has 2 aromatic rings. The Balaban J connectivity index is 2.27. The second kappa shape index (κ2) is 5.74. The average Bonchev–Trinajstić information content (AvgIpc) is 2.41.